The van der Waals surface area contributed by atoms with E-state index in [2.05, 4.69) is 6.92 Å². The van der Waals surface area contributed by atoms with Crippen LogP contribution >= 0.6 is 0 Å². The number of phenolic OH excluding ortho intramolecular Hbond substituents is 1. The Morgan fingerprint density at radius 2 is 1.88 bits per heavy atom. The lowest BCUT2D eigenvalue weighted by Gasteiger charge is -2.38. The minimum atomic E-state index is -0.478. The van der Waals surface area contributed by atoms with Gasteiger partial charge in [-0.05, 0) is 56.6 Å². The molecule has 138 valence electrons. The fourth-order valence-electron chi connectivity index (χ4n) is 3.76. The van der Waals surface area contributed by atoms with Crippen molar-refractivity contribution in [2.45, 2.75) is 53.9 Å². The summed E-state index contributed by atoms with van der Waals surface area (Å²) < 4.78 is 11.2. The molecule has 5 nitrogen and oxygen atoms in total. The summed E-state index contributed by atoms with van der Waals surface area (Å²) >= 11 is 0. The van der Waals surface area contributed by atoms with Crippen molar-refractivity contribution in [3.05, 3.63) is 22.3 Å². The molecule has 3 unspecified atom stereocenters. The zero-order valence-electron chi connectivity index (χ0n) is 15.9. The molecule has 0 saturated heterocycles. The van der Waals surface area contributed by atoms with Gasteiger partial charge in [-0.2, -0.15) is 0 Å². The number of aromatic hydroxyl groups is 1. The summed E-state index contributed by atoms with van der Waals surface area (Å²) in [4.78, 5) is 22.7. The normalized spacial score (nSPS) is 20.4. The Morgan fingerprint density at radius 1 is 1.24 bits per heavy atom. The summed E-state index contributed by atoms with van der Waals surface area (Å²) in [6.07, 6.45) is -0.183. The van der Waals surface area contributed by atoms with E-state index in [0.717, 1.165) is 28.0 Å². The Labute approximate surface area is 149 Å². The Hall–Kier alpha value is -2.04. The fourth-order valence-corrected chi connectivity index (χ4v) is 3.76. The Bertz CT molecular complexity index is 692. The molecule has 5 heteroatoms. The maximum Gasteiger partial charge on any atom is 0.313 e. The molecule has 0 bridgehead atoms. The van der Waals surface area contributed by atoms with E-state index >= 15 is 0 Å². The third-order valence-corrected chi connectivity index (χ3v) is 5.21. The Kier molecular flexibility index (Phi) is 5.76. The molecule has 0 saturated carbocycles. The zero-order chi connectivity index (χ0) is 18.9. The van der Waals surface area contributed by atoms with E-state index in [-0.39, 0.29) is 42.3 Å². The molecule has 0 aliphatic carbocycles. The first-order valence-electron chi connectivity index (χ1n) is 8.75. The first kappa shape index (κ1) is 19.3. The number of carbonyl (C=O) groups is 2. The number of ether oxygens (including phenoxy) is 2. The van der Waals surface area contributed by atoms with Gasteiger partial charge in [-0.25, -0.2) is 0 Å². The maximum atomic E-state index is 11.7. The number of ketones is 1. The summed E-state index contributed by atoms with van der Waals surface area (Å²) in [7, 11) is 0. The largest absolute Gasteiger partial charge is 0.507 e. The molecule has 25 heavy (non-hydrogen) atoms. The second-order valence-corrected chi connectivity index (χ2v) is 7.32. The predicted octanol–water partition coefficient (Wildman–Crippen LogP) is 3.59. The molecule has 1 aromatic carbocycles. The van der Waals surface area contributed by atoms with Crippen LogP contribution in [0.3, 0.4) is 0 Å². The first-order chi connectivity index (χ1) is 11.6. The van der Waals surface area contributed by atoms with E-state index < -0.39 is 5.97 Å². The van der Waals surface area contributed by atoms with Crippen LogP contribution in [-0.2, 0) is 14.3 Å². The van der Waals surface area contributed by atoms with Gasteiger partial charge in [-0.15, -0.1) is 0 Å². The number of hydrogen-bond acceptors (Lipinski definition) is 5. The molecule has 1 N–H and O–H groups in total. The van der Waals surface area contributed by atoms with Crippen LogP contribution in [0.15, 0.2) is 0 Å². The van der Waals surface area contributed by atoms with E-state index in [4.69, 9.17) is 9.47 Å². The van der Waals surface area contributed by atoms with Gasteiger partial charge in [0.1, 0.15) is 23.7 Å². The topological polar surface area (TPSA) is 72.8 Å². The highest BCUT2D eigenvalue weighted by Gasteiger charge is 2.36. The molecule has 0 fully saturated rings. The van der Waals surface area contributed by atoms with Crippen molar-refractivity contribution in [2.75, 3.05) is 13.2 Å². The summed E-state index contributed by atoms with van der Waals surface area (Å²) in [5, 5.41) is 10.3. The number of esters is 1. The van der Waals surface area contributed by atoms with Crippen LogP contribution in [0.4, 0.5) is 0 Å². The van der Waals surface area contributed by atoms with Gasteiger partial charge in [0.2, 0.25) is 0 Å². The number of Topliss-reactive ketones (excluding diaryl/α,β-unsaturated/α-hetero) is 1. The quantitative estimate of drug-likeness (QED) is 0.650. The van der Waals surface area contributed by atoms with Gasteiger partial charge in [0, 0.05) is 11.1 Å². The van der Waals surface area contributed by atoms with E-state index in [1.807, 2.05) is 27.7 Å². The van der Waals surface area contributed by atoms with Gasteiger partial charge in [-0.1, -0.05) is 13.8 Å². The van der Waals surface area contributed by atoms with Gasteiger partial charge in [0.15, 0.2) is 0 Å². The molecular weight excluding hydrogens is 320 g/mol. The molecule has 0 aromatic heterocycles. The zero-order valence-corrected chi connectivity index (χ0v) is 15.9. The van der Waals surface area contributed by atoms with E-state index in [0.29, 0.717) is 6.61 Å². The minimum Gasteiger partial charge on any atom is -0.507 e. The Balaban J connectivity index is 2.30. The second kappa shape index (κ2) is 7.46. The summed E-state index contributed by atoms with van der Waals surface area (Å²) in [6, 6.07) is 0. The minimum absolute atomic E-state index is 0.0793. The number of fused-ring (bicyclic) bond motifs is 1. The van der Waals surface area contributed by atoms with Crippen molar-refractivity contribution in [2.24, 2.45) is 11.8 Å². The van der Waals surface area contributed by atoms with Gasteiger partial charge in [-0.3, -0.25) is 9.59 Å². The molecule has 1 aliphatic heterocycles. The molecule has 1 aliphatic rings. The van der Waals surface area contributed by atoms with Gasteiger partial charge in [0.25, 0.3) is 0 Å². The van der Waals surface area contributed by atoms with Crippen molar-refractivity contribution in [1.29, 1.82) is 0 Å². The van der Waals surface area contributed by atoms with Crippen LogP contribution in [0, 0.1) is 32.6 Å². The highest BCUT2D eigenvalue weighted by Crippen LogP contribution is 2.48. The number of phenols is 1. The highest BCUT2D eigenvalue weighted by atomic mass is 16.5. The predicted molar refractivity (Wildman–Crippen MR) is 95.1 cm³/mol. The maximum absolute atomic E-state index is 11.7. The average molecular weight is 348 g/mol. The fraction of sp³-hybridized carbons (Fsp3) is 0.600. The molecule has 0 radical (unpaired) electrons. The van der Waals surface area contributed by atoms with Crippen molar-refractivity contribution in [1.82, 2.24) is 0 Å². The third kappa shape index (κ3) is 3.80. The van der Waals surface area contributed by atoms with Gasteiger partial charge < -0.3 is 14.6 Å². The third-order valence-electron chi connectivity index (χ3n) is 5.21. The lowest BCUT2D eigenvalue weighted by atomic mass is 9.74. The molecule has 0 spiro atoms. The van der Waals surface area contributed by atoms with Crippen LogP contribution in [-0.4, -0.2) is 30.1 Å². The van der Waals surface area contributed by atoms with E-state index in [1.165, 1.54) is 6.92 Å². The van der Waals surface area contributed by atoms with Crippen LogP contribution in [0.1, 0.15) is 55.4 Å². The van der Waals surface area contributed by atoms with Crippen LogP contribution in [0.25, 0.3) is 0 Å². The van der Waals surface area contributed by atoms with E-state index in [1.54, 1.807) is 0 Å². The SMILES string of the molecule is CC(=O)CC(=O)OCC(C)C1c2c(C)c(C)c(O)c(C)c2OCC1C. The first-order valence-corrected chi connectivity index (χ1v) is 8.75. The lowest BCUT2D eigenvalue weighted by molar-refractivity contribution is -0.147. The number of rotatable bonds is 5. The average Bonchev–Trinajstić information content (AvgIpc) is 2.55. The second-order valence-electron chi connectivity index (χ2n) is 7.32. The lowest BCUT2D eigenvalue weighted by Crippen LogP contribution is -2.32. The van der Waals surface area contributed by atoms with Crippen molar-refractivity contribution < 1.29 is 24.2 Å². The van der Waals surface area contributed by atoms with Gasteiger partial charge >= 0.3 is 5.97 Å². The van der Waals surface area contributed by atoms with Crippen LogP contribution < -0.4 is 4.74 Å². The van der Waals surface area contributed by atoms with E-state index in [9.17, 15) is 14.7 Å². The van der Waals surface area contributed by atoms with Crippen LogP contribution in [0.2, 0.25) is 0 Å². The molecule has 2 rings (SSSR count). The number of benzene rings is 1. The van der Waals surface area contributed by atoms with Crippen molar-refractivity contribution in [3.63, 3.8) is 0 Å². The van der Waals surface area contributed by atoms with Crippen molar-refractivity contribution >= 4 is 11.8 Å². The molecule has 0 amide bonds. The Morgan fingerprint density at radius 3 is 2.48 bits per heavy atom. The molecular formula is C20H28O5. The summed E-state index contributed by atoms with van der Waals surface area (Å²) in [6.45, 7) is 12.1. The summed E-state index contributed by atoms with van der Waals surface area (Å²) in [5.74, 6) is 0.864. The monoisotopic (exact) mass is 348 g/mol. The van der Waals surface area contributed by atoms with Crippen LogP contribution in [0.5, 0.6) is 11.5 Å². The van der Waals surface area contributed by atoms with Crippen molar-refractivity contribution in [3.8, 4) is 11.5 Å². The standard InChI is InChI=1S/C20H28O5/c1-10(8-24-16(22)7-12(3)21)17-11(2)9-25-20-15(6)19(23)14(5)13(4)18(17)20/h10-11,17,23H,7-9H2,1-6H3. The van der Waals surface area contributed by atoms with Gasteiger partial charge in [0.05, 0.1) is 13.2 Å². The number of hydrogen-bond donors (Lipinski definition) is 1. The summed E-state index contributed by atoms with van der Waals surface area (Å²) in [5.41, 5.74) is 3.74. The molecule has 1 heterocycles. The highest BCUT2D eigenvalue weighted by molar-refractivity contribution is 5.94. The molecule has 1 aromatic rings. The smallest absolute Gasteiger partial charge is 0.313 e. The number of carbonyl (C=O) groups excluding carboxylic acids is 2. The molecule has 3 atom stereocenters.